The van der Waals surface area contributed by atoms with Crippen LogP contribution in [0.25, 0.3) is 0 Å². The number of hydrogen-bond acceptors (Lipinski definition) is 3. The molecule has 0 aliphatic carbocycles. The van der Waals surface area contributed by atoms with Crippen LogP contribution in [-0.4, -0.2) is 37.2 Å². The minimum absolute atomic E-state index is 0.774. The predicted octanol–water partition coefficient (Wildman–Crippen LogP) is 3.05. The average Bonchev–Trinajstić information content (AvgIpc) is 2.94. The molecule has 0 amide bonds. The summed E-state index contributed by atoms with van der Waals surface area (Å²) in [5.41, 5.74) is 1.25. The Kier molecular flexibility index (Phi) is 6.34. The molecular weight excluding hydrogens is 248 g/mol. The summed E-state index contributed by atoms with van der Waals surface area (Å²) in [6.45, 7) is 9.36. The van der Waals surface area contributed by atoms with E-state index in [0.717, 1.165) is 38.0 Å². The molecule has 1 unspecified atom stereocenters. The van der Waals surface area contributed by atoms with Crippen LogP contribution in [0.1, 0.15) is 38.7 Å². The quantitative estimate of drug-likeness (QED) is 0.790. The second-order valence-corrected chi connectivity index (χ2v) is 5.48. The third-order valence-electron chi connectivity index (χ3n) is 4.14. The number of benzene rings is 1. The van der Waals surface area contributed by atoms with Crippen molar-refractivity contribution in [1.29, 1.82) is 0 Å². The van der Waals surface area contributed by atoms with Crippen molar-refractivity contribution in [3.05, 3.63) is 29.8 Å². The van der Waals surface area contributed by atoms with Crippen LogP contribution < -0.4 is 10.1 Å². The Morgan fingerprint density at radius 1 is 1.30 bits per heavy atom. The van der Waals surface area contributed by atoms with Gasteiger partial charge in [-0.15, -0.1) is 0 Å². The summed E-state index contributed by atoms with van der Waals surface area (Å²) in [5, 5.41) is 3.36. The van der Waals surface area contributed by atoms with Crippen molar-refractivity contribution in [3.8, 4) is 5.75 Å². The highest BCUT2D eigenvalue weighted by Gasteiger charge is 2.22. The van der Waals surface area contributed by atoms with Crippen LogP contribution in [0.5, 0.6) is 5.75 Å². The van der Waals surface area contributed by atoms with Crippen LogP contribution in [0, 0.1) is 0 Å². The summed E-state index contributed by atoms with van der Waals surface area (Å²) in [6, 6.07) is 9.12. The molecule has 1 heterocycles. The van der Waals surface area contributed by atoms with Gasteiger partial charge in [0.25, 0.3) is 0 Å². The van der Waals surface area contributed by atoms with Gasteiger partial charge in [-0.1, -0.05) is 32.0 Å². The van der Waals surface area contributed by atoms with E-state index < -0.39 is 0 Å². The maximum Gasteiger partial charge on any atom is 0.123 e. The van der Waals surface area contributed by atoms with E-state index in [1.807, 2.05) is 0 Å². The number of nitrogens with zero attached hydrogens (tertiary/aromatic N) is 1. The first-order chi connectivity index (χ1) is 9.85. The first-order valence-electron chi connectivity index (χ1n) is 8.00. The lowest BCUT2D eigenvalue weighted by Gasteiger charge is -2.23. The van der Waals surface area contributed by atoms with Gasteiger partial charge in [-0.25, -0.2) is 0 Å². The summed E-state index contributed by atoms with van der Waals surface area (Å²) in [6.07, 6.45) is 3.96. The fourth-order valence-electron chi connectivity index (χ4n) is 2.98. The van der Waals surface area contributed by atoms with E-state index in [9.17, 15) is 0 Å². The number of likely N-dealkylation sites (tertiary alicyclic amines) is 1. The van der Waals surface area contributed by atoms with Gasteiger partial charge in [0.1, 0.15) is 12.4 Å². The molecule has 3 nitrogen and oxygen atoms in total. The third kappa shape index (κ3) is 4.22. The van der Waals surface area contributed by atoms with Gasteiger partial charge in [-0.05, 0) is 38.4 Å². The van der Waals surface area contributed by atoms with Gasteiger partial charge in [0, 0.05) is 24.7 Å². The molecule has 0 saturated carbocycles. The van der Waals surface area contributed by atoms with Crippen LogP contribution >= 0.6 is 0 Å². The Balaban J connectivity index is 1.81. The number of hydrogen-bond donors (Lipinski definition) is 1. The second-order valence-electron chi connectivity index (χ2n) is 5.48. The van der Waals surface area contributed by atoms with Crippen molar-refractivity contribution >= 4 is 0 Å². The maximum atomic E-state index is 6.01. The molecule has 20 heavy (non-hydrogen) atoms. The van der Waals surface area contributed by atoms with E-state index in [4.69, 9.17) is 4.74 Å². The Morgan fingerprint density at radius 3 is 2.95 bits per heavy atom. The van der Waals surface area contributed by atoms with Crippen LogP contribution in [-0.2, 0) is 6.54 Å². The van der Waals surface area contributed by atoms with E-state index in [-0.39, 0.29) is 0 Å². The van der Waals surface area contributed by atoms with Gasteiger partial charge in [0.15, 0.2) is 0 Å². The summed E-state index contributed by atoms with van der Waals surface area (Å²) in [7, 11) is 0. The lowest BCUT2D eigenvalue weighted by Crippen LogP contribution is -2.32. The number of ether oxygens (including phenoxy) is 1. The van der Waals surface area contributed by atoms with Crippen molar-refractivity contribution in [2.75, 3.05) is 26.2 Å². The molecule has 1 aromatic rings. The summed E-state index contributed by atoms with van der Waals surface area (Å²) in [4.78, 5) is 2.58. The lowest BCUT2D eigenvalue weighted by atomic mass is 10.2. The number of nitrogens with one attached hydrogen (secondary N) is 1. The summed E-state index contributed by atoms with van der Waals surface area (Å²) in [5.74, 6) is 1.03. The molecule has 2 rings (SSSR count). The van der Waals surface area contributed by atoms with E-state index in [0.29, 0.717) is 0 Å². The normalized spacial score (nSPS) is 19.4. The van der Waals surface area contributed by atoms with Gasteiger partial charge in [-0.3, -0.25) is 4.90 Å². The van der Waals surface area contributed by atoms with Crippen LogP contribution in [0.2, 0.25) is 0 Å². The van der Waals surface area contributed by atoms with E-state index in [2.05, 4.69) is 48.3 Å². The van der Waals surface area contributed by atoms with Crippen LogP contribution in [0.4, 0.5) is 0 Å². The Labute approximate surface area is 123 Å². The topological polar surface area (TPSA) is 24.5 Å². The van der Waals surface area contributed by atoms with E-state index in [1.165, 1.54) is 31.4 Å². The molecule has 1 aliphatic rings. The maximum absolute atomic E-state index is 6.01. The van der Waals surface area contributed by atoms with Gasteiger partial charge < -0.3 is 10.1 Å². The van der Waals surface area contributed by atoms with Gasteiger partial charge in [-0.2, -0.15) is 0 Å². The Morgan fingerprint density at radius 2 is 2.15 bits per heavy atom. The molecule has 1 aromatic carbocycles. The van der Waals surface area contributed by atoms with Crippen molar-refractivity contribution in [2.24, 2.45) is 0 Å². The van der Waals surface area contributed by atoms with E-state index in [1.54, 1.807) is 0 Å². The number of para-hydroxylation sites is 1. The minimum atomic E-state index is 0.774. The largest absolute Gasteiger partial charge is 0.492 e. The fourth-order valence-corrected chi connectivity index (χ4v) is 2.98. The molecule has 112 valence electrons. The molecule has 0 radical (unpaired) electrons. The minimum Gasteiger partial charge on any atom is -0.492 e. The highest BCUT2D eigenvalue weighted by Crippen LogP contribution is 2.20. The fraction of sp³-hybridized carbons (Fsp3) is 0.647. The molecule has 1 atom stereocenters. The zero-order valence-corrected chi connectivity index (χ0v) is 12.9. The predicted molar refractivity (Wildman–Crippen MR) is 84.2 cm³/mol. The zero-order chi connectivity index (χ0) is 14.2. The highest BCUT2D eigenvalue weighted by molar-refractivity contribution is 5.33. The first kappa shape index (κ1) is 15.3. The molecular formula is C17H28N2O. The standard InChI is InChI=1S/C17H28N2O/c1-3-16-9-7-11-19(16)12-13-20-17-10-6-5-8-15(17)14-18-4-2/h5-6,8,10,16,18H,3-4,7,9,11-14H2,1-2H3. The second kappa shape index (κ2) is 8.28. The average molecular weight is 276 g/mol. The molecule has 1 saturated heterocycles. The molecule has 3 heteroatoms. The van der Waals surface area contributed by atoms with Crippen LogP contribution in [0.3, 0.4) is 0 Å². The van der Waals surface area contributed by atoms with Crippen molar-refractivity contribution < 1.29 is 4.74 Å². The van der Waals surface area contributed by atoms with Crippen LogP contribution in [0.15, 0.2) is 24.3 Å². The molecule has 0 bridgehead atoms. The summed E-state index contributed by atoms with van der Waals surface area (Å²) < 4.78 is 6.01. The molecule has 1 aliphatic heterocycles. The lowest BCUT2D eigenvalue weighted by molar-refractivity contribution is 0.193. The van der Waals surface area contributed by atoms with Gasteiger partial charge in [0.05, 0.1) is 0 Å². The summed E-state index contributed by atoms with van der Waals surface area (Å²) >= 11 is 0. The van der Waals surface area contributed by atoms with Crippen molar-refractivity contribution in [3.63, 3.8) is 0 Å². The molecule has 0 aromatic heterocycles. The number of rotatable bonds is 8. The van der Waals surface area contributed by atoms with Gasteiger partial charge in [0.2, 0.25) is 0 Å². The molecule has 0 spiro atoms. The monoisotopic (exact) mass is 276 g/mol. The highest BCUT2D eigenvalue weighted by atomic mass is 16.5. The third-order valence-corrected chi connectivity index (χ3v) is 4.14. The smallest absolute Gasteiger partial charge is 0.123 e. The Hall–Kier alpha value is -1.06. The molecule has 1 N–H and O–H groups in total. The van der Waals surface area contributed by atoms with Crippen molar-refractivity contribution in [1.82, 2.24) is 10.2 Å². The first-order valence-corrected chi connectivity index (χ1v) is 8.00. The zero-order valence-electron chi connectivity index (χ0n) is 12.9. The molecule has 1 fully saturated rings. The Bertz CT molecular complexity index is 394. The SMILES string of the molecule is CCNCc1ccccc1OCCN1CCCC1CC. The van der Waals surface area contributed by atoms with E-state index >= 15 is 0 Å². The van der Waals surface area contributed by atoms with Crippen molar-refractivity contribution in [2.45, 2.75) is 45.7 Å². The van der Waals surface area contributed by atoms with Gasteiger partial charge >= 0.3 is 0 Å².